The number of nitrogens with one attached hydrogen (secondary N) is 1. The molecule has 1 aliphatic heterocycles. The Morgan fingerprint density at radius 3 is 2.48 bits per heavy atom. The number of carbonyl (C=O) groups is 1. The van der Waals surface area contributed by atoms with Crippen LogP contribution in [0.2, 0.25) is 0 Å². The van der Waals surface area contributed by atoms with Gasteiger partial charge in [0.2, 0.25) is 0 Å². The Kier molecular flexibility index (Phi) is 6.33. The van der Waals surface area contributed by atoms with Crippen molar-refractivity contribution in [3.63, 3.8) is 0 Å². The van der Waals surface area contributed by atoms with E-state index in [9.17, 15) is 4.79 Å². The Bertz CT molecular complexity index is 847. The van der Waals surface area contributed by atoms with Gasteiger partial charge in [-0.25, -0.2) is 4.79 Å². The van der Waals surface area contributed by atoms with Gasteiger partial charge < -0.3 is 24.3 Å². The number of fused-ring (bicyclic) bond motifs is 1. The van der Waals surface area contributed by atoms with E-state index in [1.54, 1.807) is 31.4 Å². The number of ether oxygens (including phenoxy) is 4. The summed E-state index contributed by atoms with van der Waals surface area (Å²) in [5.41, 5.74) is 1.54. The Morgan fingerprint density at radius 2 is 1.86 bits per heavy atom. The minimum atomic E-state index is -0.755. The number of methoxy groups -OCH3 is 1. The van der Waals surface area contributed by atoms with Gasteiger partial charge in [0.15, 0.2) is 6.10 Å². The molecule has 0 fully saturated rings. The summed E-state index contributed by atoms with van der Waals surface area (Å²) >= 11 is 0. The topological polar surface area (TPSA) is 66.0 Å². The zero-order chi connectivity index (χ0) is 21.0. The molecule has 0 saturated heterocycles. The molecule has 3 rings (SSSR count). The van der Waals surface area contributed by atoms with Crippen LogP contribution in [-0.2, 0) is 9.47 Å². The minimum absolute atomic E-state index is 0.426. The van der Waals surface area contributed by atoms with Gasteiger partial charge in [-0.3, -0.25) is 0 Å². The number of hydrogen-bond donors (Lipinski definition) is 1. The third-order valence-corrected chi connectivity index (χ3v) is 4.94. The quantitative estimate of drug-likeness (QED) is 0.687. The van der Waals surface area contributed by atoms with E-state index in [1.807, 2.05) is 45.9 Å². The lowest BCUT2D eigenvalue weighted by molar-refractivity contribution is -0.137. The van der Waals surface area contributed by atoms with E-state index in [2.05, 4.69) is 5.32 Å². The molecule has 6 heteroatoms. The number of benzene rings is 2. The Labute approximate surface area is 172 Å². The summed E-state index contributed by atoms with van der Waals surface area (Å²) in [5.74, 6) is 0.997. The summed E-state index contributed by atoms with van der Waals surface area (Å²) < 4.78 is 23.4. The van der Waals surface area contributed by atoms with Gasteiger partial charge in [-0.05, 0) is 70.2 Å². The highest BCUT2D eigenvalue weighted by Crippen LogP contribution is 2.44. The predicted molar refractivity (Wildman–Crippen MR) is 112 cm³/mol. The molecule has 2 aromatic rings. The second-order valence-corrected chi connectivity index (χ2v) is 7.42. The highest BCUT2D eigenvalue weighted by atomic mass is 16.6. The molecule has 29 heavy (non-hydrogen) atoms. The molecule has 2 aromatic carbocycles. The van der Waals surface area contributed by atoms with E-state index in [0.29, 0.717) is 17.9 Å². The van der Waals surface area contributed by atoms with Gasteiger partial charge >= 0.3 is 5.97 Å². The highest BCUT2D eigenvalue weighted by Gasteiger charge is 2.47. The zero-order valence-corrected chi connectivity index (χ0v) is 17.7. The van der Waals surface area contributed by atoms with Crippen LogP contribution in [-0.4, -0.2) is 37.9 Å². The average molecular weight is 399 g/mol. The first-order valence-electron chi connectivity index (χ1n) is 9.93. The van der Waals surface area contributed by atoms with E-state index in [1.165, 1.54) is 0 Å². The lowest BCUT2D eigenvalue weighted by Gasteiger charge is -2.43. The second kappa shape index (κ2) is 8.74. The number of hydrogen-bond acceptors (Lipinski definition) is 6. The van der Waals surface area contributed by atoms with Crippen LogP contribution in [0.15, 0.2) is 42.5 Å². The average Bonchev–Trinajstić information content (AvgIpc) is 2.71. The van der Waals surface area contributed by atoms with Crippen molar-refractivity contribution in [1.29, 1.82) is 0 Å². The van der Waals surface area contributed by atoms with Crippen molar-refractivity contribution >= 4 is 11.7 Å². The molecular weight excluding hydrogens is 370 g/mol. The van der Waals surface area contributed by atoms with Crippen LogP contribution in [0.3, 0.4) is 0 Å². The van der Waals surface area contributed by atoms with E-state index in [0.717, 1.165) is 23.5 Å². The first kappa shape index (κ1) is 21.0. The molecule has 1 N–H and O–H groups in total. The van der Waals surface area contributed by atoms with E-state index < -0.39 is 23.8 Å². The number of esters is 1. The first-order chi connectivity index (χ1) is 13.9. The maximum atomic E-state index is 12.8. The molecule has 0 aromatic heterocycles. The molecular formula is C23H29NO5. The lowest BCUT2D eigenvalue weighted by atomic mass is 9.87. The molecule has 2 unspecified atom stereocenters. The summed E-state index contributed by atoms with van der Waals surface area (Å²) in [4.78, 5) is 12.8. The van der Waals surface area contributed by atoms with Crippen molar-refractivity contribution in [2.24, 2.45) is 0 Å². The van der Waals surface area contributed by atoms with Gasteiger partial charge in [-0.1, -0.05) is 0 Å². The molecule has 2 atom stereocenters. The van der Waals surface area contributed by atoms with Gasteiger partial charge in [0.1, 0.15) is 23.2 Å². The maximum Gasteiger partial charge on any atom is 0.338 e. The van der Waals surface area contributed by atoms with Crippen LogP contribution in [0.1, 0.15) is 49.7 Å². The molecule has 1 heterocycles. The van der Waals surface area contributed by atoms with Crippen LogP contribution in [0, 0.1) is 0 Å². The minimum Gasteiger partial charge on any atom is -0.497 e. The van der Waals surface area contributed by atoms with Gasteiger partial charge in [-0.15, -0.1) is 0 Å². The van der Waals surface area contributed by atoms with E-state index >= 15 is 0 Å². The fourth-order valence-corrected chi connectivity index (χ4v) is 3.52. The summed E-state index contributed by atoms with van der Waals surface area (Å²) in [6, 6.07) is 12.8. The van der Waals surface area contributed by atoms with Crippen molar-refractivity contribution in [3.05, 3.63) is 53.6 Å². The molecule has 0 spiro atoms. The zero-order valence-electron chi connectivity index (χ0n) is 17.7. The summed E-state index contributed by atoms with van der Waals surface area (Å²) in [6.07, 6.45) is -1.04. The van der Waals surface area contributed by atoms with Crippen LogP contribution < -0.4 is 14.8 Å². The van der Waals surface area contributed by atoms with Crippen LogP contribution in [0.4, 0.5) is 5.69 Å². The molecule has 1 aliphatic rings. The Balaban J connectivity index is 1.92. The SMILES string of the molecule is CCNc1ccc2c(c1)C(OCC)C(OC(=O)c1ccc(OC)cc1)C(C)(C)O2. The fourth-order valence-electron chi connectivity index (χ4n) is 3.52. The van der Waals surface area contributed by atoms with Crippen LogP contribution in [0.5, 0.6) is 11.5 Å². The third-order valence-electron chi connectivity index (χ3n) is 4.94. The fraction of sp³-hybridized carbons (Fsp3) is 0.435. The van der Waals surface area contributed by atoms with Crippen molar-refractivity contribution < 1.29 is 23.7 Å². The standard InChI is InChI=1S/C23H29NO5/c1-6-24-16-10-13-19-18(14-16)20(27-7-2)21(23(3,4)29-19)28-22(25)15-8-11-17(26-5)12-9-15/h8-14,20-21,24H,6-7H2,1-5H3. The van der Waals surface area contributed by atoms with Crippen molar-refractivity contribution in [3.8, 4) is 11.5 Å². The Morgan fingerprint density at radius 1 is 1.14 bits per heavy atom. The number of rotatable bonds is 7. The van der Waals surface area contributed by atoms with Gasteiger partial charge in [0.05, 0.1) is 12.7 Å². The van der Waals surface area contributed by atoms with Gasteiger partial charge in [-0.2, -0.15) is 0 Å². The third kappa shape index (κ3) is 4.48. The molecule has 0 saturated carbocycles. The Hall–Kier alpha value is -2.73. The normalized spacial score (nSPS) is 19.6. The molecule has 156 valence electrons. The number of carbonyl (C=O) groups excluding carboxylic acids is 1. The second-order valence-electron chi connectivity index (χ2n) is 7.42. The monoisotopic (exact) mass is 399 g/mol. The molecule has 0 bridgehead atoms. The summed E-state index contributed by atoms with van der Waals surface area (Å²) in [5, 5.41) is 3.30. The van der Waals surface area contributed by atoms with E-state index in [4.69, 9.17) is 18.9 Å². The van der Waals surface area contributed by atoms with E-state index in [-0.39, 0.29) is 0 Å². The summed E-state index contributed by atoms with van der Waals surface area (Å²) in [7, 11) is 1.58. The predicted octanol–water partition coefficient (Wildman–Crippen LogP) is 4.60. The first-order valence-corrected chi connectivity index (χ1v) is 9.93. The number of anilines is 1. The lowest BCUT2D eigenvalue weighted by Crippen LogP contribution is -2.51. The van der Waals surface area contributed by atoms with Crippen LogP contribution in [0.25, 0.3) is 0 Å². The maximum absolute atomic E-state index is 12.8. The smallest absolute Gasteiger partial charge is 0.338 e. The van der Waals surface area contributed by atoms with Crippen molar-refractivity contribution in [2.45, 2.75) is 45.5 Å². The van der Waals surface area contributed by atoms with Crippen LogP contribution >= 0.6 is 0 Å². The molecule has 6 nitrogen and oxygen atoms in total. The summed E-state index contributed by atoms with van der Waals surface area (Å²) in [6.45, 7) is 9.08. The van der Waals surface area contributed by atoms with Gasteiger partial charge in [0.25, 0.3) is 0 Å². The molecule has 0 amide bonds. The van der Waals surface area contributed by atoms with Gasteiger partial charge in [0, 0.05) is 24.4 Å². The molecule has 0 aliphatic carbocycles. The van der Waals surface area contributed by atoms with Crippen molar-refractivity contribution in [2.75, 3.05) is 25.6 Å². The highest BCUT2D eigenvalue weighted by molar-refractivity contribution is 5.89. The largest absolute Gasteiger partial charge is 0.497 e. The molecule has 0 radical (unpaired) electrons. The van der Waals surface area contributed by atoms with Crippen molar-refractivity contribution in [1.82, 2.24) is 0 Å².